The number of carbonyl (C=O) groups excluding carboxylic acids is 2. The Balaban J connectivity index is 1.82. The molecule has 0 N–H and O–H groups in total. The third kappa shape index (κ3) is 0.643. The van der Waals surface area contributed by atoms with E-state index in [1.54, 1.807) is 0 Å². The van der Waals surface area contributed by atoms with E-state index in [9.17, 15) is 9.59 Å². The second-order valence-electron chi connectivity index (χ2n) is 7.32. The standard InChI is InChI=1S/C17H18O2/c1-3-5-16-12-8-7-9-11(10(8)14(16)18)15(19)17(16,6-4-2)13(9)12/h3-4,8-13H,1-2,5-7H2/t8-,9?,10-,11+,12?,13?,16?,17?/m0/s1. The molecule has 0 heterocycles. The zero-order valence-electron chi connectivity index (χ0n) is 11.0. The number of Topliss-reactive ketones (excluding diaryl/α,β-unsaturated/α-hetero) is 2. The van der Waals surface area contributed by atoms with Gasteiger partial charge in [-0.3, -0.25) is 9.59 Å². The fourth-order valence-electron chi connectivity index (χ4n) is 7.63. The van der Waals surface area contributed by atoms with Gasteiger partial charge in [0.1, 0.15) is 11.6 Å². The maximum absolute atomic E-state index is 13.0. The summed E-state index contributed by atoms with van der Waals surface area (Å²) in [4.78, 5) is 26.0. The van der Waals surface area contributed by atoms with Crippen LogP contribution in [0.5, 0.6) is 0 Å². The molecule has 5 rings (SSSR count). The van der Waals surface area contributed by atoms with Crippen LogP contribution in [0.15, 0.2) is 25.3 Å². The summed E-state index contributed by atoms with van der Waals surface area (Å²) in [5.74, 6) is 3.05. The lowest BCUT2D eigenvalue weighted by Gasteiger charge is -2.63. The van der Waals surface area contributed by atoms with Gasteiger partial charge in [0.15, 0.2) is 0 Å². The number of carbonyl (C=O) groups is 2. The molecular formula is C17H18O2. The minimum absolute atomic E-state index is 0.0825. The smallest absolute Gasteiger partial charge is 0.144 e. The van der Waals surface area contributed by atoms with E-state index in [0.717, 1.165) is 6.42 Å². The van der Waals surface area contributed by atoms with Gasteiger partial charge < -0.3 is 0 Å². The molecule has 0 saturated heterocycles. The molecule has 0 amide bonds. The molecule has 2 nitrogen and oxygen atoms in total. The summed E-state index contributed by atoms with van der Waals surface area (Å²) in [5.41, 5.74) is -0.746. The van der Waals surface area contributed by atoms with Gasteiger partial charge in [-0.15, -0.1) is 13.2 Å². The van der Waals surface area contributed by atoms with Crippen LogP contribution in [0.4, 0.5) is 0 Å². The predicted octanol–water partition coefficient (Wildman–Crippen LogP) is 2.40. The minimum Gasteiger partial charge on any atom is -0.299 e. The monoisotopic (exact) mass is 254 g/mol. The second kappa shape index (κ2) is 2.65. The molecule has 5 fully saturated rings. The van der Waals surface area contributed by atoms with Crippen molar-refractivity contribution in [3.05, 3.63) is 25.3 Å². The first kappa shape index (κ1) is 10.6. The molecule has 0 aromatic heterocycles. The molecule has 2 bridgehead atoms. The Morgan fingerprint density at radius 2 is 1.37 bits per heavy atom. The lowest BCUT2D eigenvalue weighted by Crippen LogP contribution is -2.67. The summed E-state index contributed by atoms with van der Waals surface area (Å²) >= 11 is 0. The summed E-state index contributed by atoms with van der Waals surface area (Å²) in [6.07, 6.45) is 6.30. The second-order valence-corrected chi connectivity index (χ2v) is 7.32. The van der Waals surface area contributed by atoms with Crippen LogP contribution in [0.25, 0.3) is 0 Å². The number of allylic oxidation sites excluding steroid dienone is 2. The van der Waals surface area contributed by atoms with Gasteiger partial charge in [-0.25, -0.2) is 0 Å². The first-order chi connectivity index (χ1) is 9.16. The molecule has 2 heteroatoms. The molecule has 0 aromatic carbocycles. The van der Waals surface area contributed by atoms with Crippen molar-refractivity contribution >= 4 is 11.6 Å². The van der Waals surface area contributed by atoms with Crippen molar-refractivity contribution in [3.8, 4) is 0 Å². The van der Waals surface area contributed by atoms with E-state index in [1.807, 2.05) is 12.2 Å². The van der Waals surface area contributed by atoms with E-state index in [2.05, 4.69) is 13.2 Å². The number of ketones is 2. The van der Waals surface area contributed by atoms with Crippen LogP contribution in [-0.2, 0) is 9.59 Å². The molecule has 5 unspecified atom stereocenters. The van der Waals surface area contributed by atoms with Crippen LogP contribution in [0.3, 0.4) is 0 Å². The van der Waals surface area contributed by atoms with Crippen molar-refractivity contribution in [3.63, 3.8) is 0 Å². The topological polar surface area (TPSA) is 34.1 Å². The van der Waals surface area contributed by atoms with Gasteiger partial charge in [0.2, 0.25) is 0 Å². The number of hydrogen-bond acceptors (Lipinski definition) is 2. The lowest BCUT2D eigenvalue weighted by atomic mass is 9.37. The largest absolute Gasteiger partial charge is 0.299 e. The van der Waals surface area contributed by atoms with Gasteiger partial charge >= 0.3 is 0 Å². The van der Waals surface area contributed by atoms with Crippen LogP contribution in [0.1, 0.15) is 19.3 Å². The molecule has 98 valence electrons. The number of rotatable bonds is 4. The first-order valence-corrected chi connectivity index (χ1v) is 7.47. The Hall–Kier alpha value is -1.18. The van der Waals surface area contributed by atoms with Gasteiger partial charge in [-0.1, -0.05) is 12.2 Å². The zero-order valence-corrected chi connectivity index (χ0v) is 11.0. The fraction of sp³-hybridized carbons (Fsp3) is 0.647. The average Bonchev–Trinajstić information content (AvgIpc) is 2.95. The summed E-state index contributed by atoms with van der Waals surface area (Å²) in [6.45, 7) is 7.72. The molecule has 5 saturated carbocycles. The Bertz CT molecular complexity index is 526. The highest BCUT2D eigenvalue weighted by molar-refractivity contribution is 6.11. The van der Waals surface area contributed by atoms with Gasteiger partial charge in [-0.2, -0.15) is 0 Å². The summed E-state index contributed by atoms with van der Waals surface area (Å²) in [7, 11) is 0. The van der Waals surface area contributed by atoms with Gasteiger partial charge in [0.25, 0.3) is 0 Å². The quantitative estimate of drug-likeness (QED) is 0.722. The van der Waals surface area contributed by atoms with Gasteiger partial charge in [-0.05, 0) is 42.9 Å². The van der Waals surface area contributed by atoms with Crippen LogP contribution in [0, 0.1) is 46.3 Å². The number of hydrogen-bond donors (Lipinski definition) is 0. The van der Waals surface area contributed by atoms with Crippen LogP contribution in [0.2, 0.25) is 0 Å². The van der Waals surface area contributed by atoms with Crippen molar-refractivity contribution < 1.29 is 9.59 Å². The third-order valence-electron chi connectivity index (χ3n) is 7.51. The molecule has 0 radical (unpaired) electrons. The maximum Gasteiger partial charge on any atom is 0.144 e. The summed E-state index contributed by atoms with van der Waals surface area (Å²) in [6, 6.07) is 0. The van der Waals surface area contributed by atoms with Crippen LogP contribution >= 0.6 is 0 Å². The van der Waals surface area contributed by atoms with E-state index in [1.165, 1.54) is 0 Å². The number of fused-ring (bicyclic) bond motifs is 2. The van der Waals surface area contributed by atoms with E-state index < -0.39 is 0 Å². The van der Waals surface area contributed by atoms with Crippen molar-refractivity contribution in [2.75, 3.05) is 0 Å². The third-order valence-corrected chi connectivity index (χ3v) is 7.51. The lowest BCUT2D eigenvalue weighted by molar-refractivity contribution is -0.189. The van der Waals surface area contributed by atoms with Crippen molar-refractivity contribution in [2.45, 2.75) is 19.3 Å². The molecule has 5 aliphatic carbocycles. The SMILES string of the molecule is C=CCC12C(=O)[C@@H]3C4C[C@@H]5C(C41)C2(CC=C)C(=O)[C@@H]53. The van der Waals surface area contributed by atoms with Gasteiger partial charge in [0.05, 0.1) is 0 Å². The Morgan fingerprint density at radius 1 is 0.947 bits per heavy atom. The maximum atomic E-state index is 13.0. The van der Waals surface area contributed by atoms with Crippen LogP contribution < -0.4 is 0 Å². The van der Waals surface area contributed by atoms with E-state index >= 15 is 0 Å². The average molecular weight is 254 g/mol. The molecule has 8 atom stereocenters. The van der Waals surface area contributed by atoms with Crippen molar-refractivity contribution in [1.82, 2.24) is 0 Å². The minimum atomic E-state index is -0.373. The molecule has 0 aromatic rings. The molecular weight excluding hydrogens is 236 g/mol. The molecule has 0 aliphatic heterocycles. The first-order valence-electron chi connectivity index (χ1n) is 7.47. The zero-order chi connectivity index (χ0) is 13.2. The Morgan fingerprint density at radius 3 is 1.74 bits per heavy atom. The molecule has 5 aliphatic rings. The normalized spacial score (nSPS) is 61.9. The highest BCUT2D eigenvalue weighted by atomic mass is 16.2. The van der Waals surface area contributed by atoms with E-state index in [4.69, 9.17) is 0 Å². The predicted molar refractivity (Wildman–Crippen MR) is 70.1 cm³/mol. The van der Waals surface area contributed by atoms with Crippen LogP contribution in [-0.4, -0.2) is 11.6 Å². The highest BCUT2D eigenvalue weighted by Crippen LogP contribution is 2.91. The fourth-order valence-corrected chi connectivity index (χ4v) is 7.63. The summed E-state index contributed by atoms with van der Waals surface area (Å²) in [5, 5.41) is 0. The molecule has 19 heavy (non-hydrogen) atoms. The van der Waals surface area contributed by atoms with Crippen molar-refractivity contribution in [1.29, 1.82) is 0 Å². The summed E-state index contributed by atoms with van der Waals surface area (Å²) < 4.78 is 0. The molecule has 0 spiro atoms. The van der Waals surface area contributed by atoms with E-state index in [0.29, 0.717) is 48.1 Å². The Kier molecular flexibility index (Phi) is 1.48. The highest BCUT2D eigenvalue weighted by Gasteiger charge is 2.94. The van der Waals surface area contributed by atoms with Crippen molar-refractivity contribution in [2.24, 2.45) is 46.3 Å². The Labute approximate surface area is 112 Å². The van der Waals surface area contributed by atoms with E-state index in [-0.39, 0.29) is 22.7 Å². The van der Waals surface area contributed by atoms with Gasteiger partial charge in [0, 0.05) is 22.7 Å².